The predicted molar refractivity (Wildman–Crippen MR) is 67.7 cm³/mol. The van der Waals surface area contributed by atoms with Gasteiger partial charge in [-0.05, 0) is 35.8 Å². The van der Waals surface area contributed by atoms with Gasteiger partial charge in [0, 0.05) is 0 Å². The van der Waals surface area contributed by atoms with E-state index in [0.29, 0.717) is 10.8 Å². The molecule has 1 aliphatic rings. The Labute approximate surface area is 99.5 Å². The van der Waals surface area contributed by atoms with Crippen molar-refractivity contribution in [2.45, 2.75) is 13.3 Å². The van der Waals surface area contributed by atoms with Crippen LogP contribution in [0.3, 0.4) is 0 Å². The van der Waals surface area contributed by atoms with Crippen molar-refractivity contribution in [3.8, 4) is 0 Å². The lowest BCUT2D eigenvalue weighted by molar-refractivity contribution is -0.115. The van der Waals surface area contributed by atoms with Crippen molar-refractivity contribution >= 4 is 29.3 Å². The van der Waals surface area contributed by atoms with Gasteiger partial charge in [-0.3, -0.25) is 10.1 Å². The van der Waals surface area contributed by atoms with Crippen LogP contribution in [0.1, 0.15) is 18.1 Å². The number of nitrogens with one attached hydrogen (secondary N) is 2. The standard InChI is InChI=1S/C12H12N2OS/c1-2-8-3-5-9(6-4-8)7-10-11(15)14-12(16)13-10/h3-7H,2H2,1H3,(H2,13,14,15,16)/b10-7+. The Morgan fingerprint density at radius 3 is 2.44 bits per heavy atom. The highest BCUT2D eigenvalue weighted by Crippen LogP contribution is 2.10. The first-order valence-corrected chi connectivity index (χ1v) is 5.53. The average molecular weight is 232 g/mol. The molecule has 1 heterocycles. The molecule has 16 heavy (non-hydrogen) atoms. The van der Waals surface area contributed by atoms with E-state index in [4.69, 9.17) is 12.2 Å². The predicted octanol–water partition coefficient (Wildman–Crippen LogP) is 1.59. The Morgan fingerprint density at radius 2 is 1.94 bits per heavy atom. The van der Waals surface area contributed by atoms with Crippen LogP contribution in [-0.4, -0.2) is 11.0 Å². The maximum Gasteiger partial charge on any atom is 0.273 e. The molecule has 0 bridgehead atoms. The maximum absolute atomic E-state index is 11.4. The van der Waals surface area contributed by atoms with Crippen molar-refractivity contribution in [2.75, 3.05) is 0 Å². The second-order valence-electron chi connectivity index (χ2n) is 3.56. The van der Waals surface area contributed by atoms with E-state index in [0.717, 1.165) is 12.0 Å². The van der Waals surface area contributed by atoms with Crippen molar-refractivity contribution in [1.82, 2.24) is 10.6 Å². The van der Waals surface area contributed by atoms with Gasteiger partial charge in [-0.2, -0.15) is 0 Å². The van der Waals surface area contributed by atoms with Gasteiger partial charge in [0.25, 0.3) is 5.91 Å². The number of rotatable bonds is 2. The lowest BCUT2D eigenvalue weighted by Crippen LogP contribution is -2.21. The summed E-state index contributed by atoms with van der Waals surface area (Å²) >= 11 is 4.85. The molecule has 0 spiro atoms. The van der Waals surface area contributed by atoms with Crippen LogP contribution in [0.25, 0.3) is 6.08 Å². The highest BCUT2D eigenvalue weighted by molar-refractivity contribution is 7.80. The molecule has 0 saturated carbocycles. The number of hydrogen-bond donors (Lipinski definition) is 2. The van der Waals surface area contributed by atoms with E-state index in [2.05, 4.69) is 29.7 Å². The van der Waals surface area contributed by atoms with Gasteiger partial charge < -0.3 is 5.32 Å². The average Bonchev–Trinajstić information content (AvgIpc) is 2.59. The fourth-order valence-corrected chi connectivity index (χ4v) is 1.70. The molecule has 2 rings (SSSR count). The summed E-state index contributed by atoms with van der Waals surface area (Å²) in [5.41, 5.74) is 2.76. The second kappa shape index (κ2) is 4.45. The number of aryl methyl sites for hydroxylation is 1. The zero-order chi connectivity index (χ0) is 11.5. The van der Waals surface area contributed by atoms with E-state index >= 15 is 0 Å². The third-order valence-electron chi connectivity index (χ3n) is 2.42. The van der Waals surface area contributed by atoms with Gasteiger partial charge in [0.15, 0.2) is 5.11 Å². The van der Waals surface area contributed by atoms with Gasteiger partial charge in [0.05, 0.1) is 0 Å². The molecule has 1 amide bonds. The minimum atomic E-state index is -0.176. The monoisotopic (exact) mass is 232 g/mol. The molecular formula is C12H12N2OS. The van der Waals surface area contributed by atoms with Crippen LogP contribution in [0.2, 0.25) is 0 Å². The summed E-state index contributed by atoms with van der Waals surface area (Å²) in [6.07, 6.45) is 2.80. The Kier molecular flexibility index (Phi) is 3.01. The van der Waals surface area contributed by atoms with Gasteiger partial charge in [-0.15, -0.1) is 0 Å². The Bertz CT molecular complexity index is 462. The van der Waals surface area contributed by atoms with Crippen LogP contribution in [0.15, 0.2) is 30.0 Å². The molecule has 1 fully saturated rings. The van der Waals surface area contributed by atoms with Crippen LogP contribution >= 0.6 is 12.2 Å². The Morgan fingerprint density at radius 1 is 1.25 bits per heavy atom. The number of carbonyl (C=O) groups excluding carboxylic acids is 1. The summed E-state index contributed by atoms with van der Waals surface area (Å²) in [7, 11) is 0. The van der Waals surface area contributed by atoms with Crippen molar-refractivity contribution in [3.63, 3.8) is 0 Å². The molecule has 0 unspecified atom stereocenters. The molecule has 0 aliphatic carbocycles. The molecule has 1 aromatic rings. The fraction of sp³-hybridized carbons (Fsp3) is 0.167. The highest BCUT2D eigenvalue weighted by atomic mass is 32.1. The van der Waals surface area contributed by atoms with Crippen molar-refractivity contribution in [2.24, 2.45) is 0 Å². The van der Waals surface area contributed by atoms with Crippen LogP contribution in [0, 0.1) is 0 Å². The summed E-state index contributed by atoms with van der Waals surface area (Å²) in [5, 5.41) is 5.70. The molecule has 0 radical (unpaired) electrons. The van der Waals surface area contributed by atoms with E-state index in [1.54, 1.807) is 6.08 Å². The molecule has 0 aromatic heterocycles. The van der Waals surface area contributed by atoms with Crippen LogP contribution in [0.5, 0.6) is 0 Å². The highest BCUT2D eigenvalue weighted by Gasteiger charge is 2.19. The van der Waals surface area contributed by atoms with Crippen molar-refractivity contribution in [1.29, 1.82) is 0 Å². The topological polar surface area (TPSA) is 41.1 Å². The number of hydrogen-bond acceptors (Lipinski definition) is 2. The minimum Gasteiger partial charge on any atom is -0.328 e. The van der Waals surface area contributed by atoms with Crippen molar-refractivity contribution in [3.05, 3.63) is 41.1 Å². The third kappa shape index (κ3) is 2.28. The number of thiocarbonyl (C=S) groups is 1. The molecule has 1 aliphatic heterocycles. The van der Waals surface area contributed by atoms with E-state index in [1.165, 1.54) is 5.56 Å². The summed E-state index contributed by atoms with van der Waals surface area (Å²) in [6, 6.07) is 8.08. The van der Waals surface area contributed by atoms with Gasteiger partial charge in [-0.1, -0.05) is 31.2 Å². The molecule has 2 N–H and O–H groups in total. The molecular weight excluding hydrogens is 220 g/mol. The maximum atomic E-state index is 11.4. The zero-order valence-electron chi connectivity index (χ0n) is 8.91. The normalized spacial score (nSPS) is 17.4. The minimum absolute atomic E-state index is 0.176. The van der Waals surface area contributed by atoms with Gasteiger partial charge in [-0.25, -0.2) is 0 Å². The molecule has 1 saturated heterocycles. The Balaban J connectivity index is 2.22. The summed E-state index contributed by atoms with van der Waals surface area (Å²) in [5.74, 6) is -0.176. The molecule has 3 nitrogen and oxygen atoms in total. The number of benzene rings is 1. The van der Waals surface area contributed by atoms with Gasteiger partial charge >= 0.3 is 0 Å². The zero-order valence-corrected chi connectivity index (χ0v) is 9.73. The van der Waals surface area contributed by atoms with Gasteiger partial charge in [0.1, 0.15) is 5.70 Å². The SMILES string of the molecule is CCc1ccc(/C=C2/NC(=S)NC2=O)cc1. The van der Waals surface area contributed by atoms with E-state index < -0.39 is 0 Å². The van der Waals surface area contributed by atoms with Crippen LogP contribution in [-0.2, 0) is 11.2 Å². The first kappa shape index (κ1) is 10.8. The lowest BCUT2D eigenvalue weighted by Gasteiger charge is -1.98. The molecule has 82 valence electrons. The van der Waals surface area contributed by atoms with E-state index in [-0.39, 0.29) is 5.91 Å². The summed E-state index contributed by atoms with van der Waals surface area (Å²) < 4.78 is 0. The third-order valence-corrected chi connectivity index (χ3v) is 2.62. The largest absolute Gasteiger partial charge is 0.328 e. The van der Waals surface area contributed by atoms with Gasteiger partial charge in [0.2, 0.25) is 0 Å². The first-order valence-electron chi connectivity index (χ1n) is 5.12. The second-order valence-corrected chi connectivity index (χ2v) is 3.97. The quantitative estimate of drug-likeness (QED) is 0.601. The van der Waals surface area contributed by atoms with Crippen LogP contribution in [0.4, 0.5) is 0 Å². The summed E-state index contributed by atoms with van der Waals surface area (Å²) in [4.78, 5) is 11.4. The summed E-state index contributed by atoms with van der Waals surface area (Å²) in [6.45, 7) is 2.11. The lowest BCUT2D eigenvalue weighted by atomic mass is 10.1. The number of amides is 1. The van der Waals surface area contributed by atoms with Crippen LogP contribution < -0.4 is 10.6 Å². The molecule has 4 heteroatoms. The first-order chi connectivity index (χ1) is 7.69. The number of carbonyl (C=O) groups is 1. The van der Waals surface area contributed by atoms with E-state index in [9.17, 15) is 4.79 Å². The van der Waals surface area contributed by atoms with Crippen molar-refractivity contribution < 1.29 is 4.79 Å². The molecule has 1 aromatic carbocycles. The fourth-order valence-electron chi connectivity index (χ4n) is 1.50. The molecule has 0 atom stereocenters. The Hall–Kier alpha value is -1.68. The van der Waals surface area contributed by atoms with E-state index in [1.807, 2.05) is 12.1 Å². The smallest absolute Gasteiger partial charge is 0.273 e.